The number of allylic oxidation sites excluding steroid dienone is 1. The minimum Gasteiger partial charge on any atom is -0.484 e. The molecule has 5 nitrogen and oxygen atoms in total. The molecule has 30 heavy (non-hydrogen) atoms. The van der Waals surface area contributed by atoms with E-state index >= 15 is 0 Å². The quantitative estimate of drug-likeness (QED) is 0.273. The molecule has 0 saturated carbocycles. The number of benzene rings is 1. The summed E-state index contributed by atoms with van der Waals surface area (Å²) < 4.78 is 89.6. The zero-order valence-electron chi connectivity index (χ0n) is 16.1. The van der Waals surface area contributed by atoms with Gasteiger partial charge in [0, 0.05) is 5.75 Å². The van der Waals surface area contributed by atoms with Crippen LogP contribution in [0, 0.1) is 0 Å². The highest BCUT2D eigenvalue weighted by Gasteiger charge is 2.30. The van der Waals surface area contributed by atoms with Crippen molar-refractivity contribution >= 4 is 11.8 Å². The Balaban J connectivity index is 2.28. The van der Waals surface area contributed by atoms with Crippen molar-refractivity contribution in [2.24, 2.45) is 0 Å². The van der Waals surface area contributed by atoms with Crippen LogP contribution in [-0.4, -0.2) is 41.5 Å². The van der Waals surface area contributed by atoms with Crippen molar-refractivity contribution in [1.29, 1.82) is 0 Å². The Hall–Kier alpha value is -2.37. The van der Waals surface area contributed by atoms with Gasteiger partial charge in [0.1, 0.15) is 11.5 Å². The molecule has 166 valence electrons. The molecule has 0 saturated heterocycles. The Morgan fingerprint density at radius 1 is 0.967 bits per heavy atom. The summed E-state index contributed by atoms with van der Waals surface area (Å²) in [6, 6.07) is 3.17. The molecule has 2 aromatic rings. The molecule has 0 aliphatic carbocycles. The summed E-state index contributed by atoms with van der Waals surface area (Å²) in [5.74, 6) is -0.181. The fourth-order valence-electron chi connectivity index (χ4n) is 1.91. The van der Waals surface area contributed by atoms with Gasteiger partial charge in [-0.2, -0.15) is 26.3 Å². The number of aromatic nitrogens is 2. The lowest BCUT2D eigenvalue weighted by Gasteiger charge is -2.14. The highest BCUT2D eigenvalue weighted by Crippen LogP contribution is 2.35. The summed E-state index contributed by atoms with van der Waals surface area (Å²) in [6.07, 6.45) is -9.19. The molecule has 0 fully saturated rings. The van der Waals surface area contributed by atoms with E-state index in [0.29, 0.717) is 5.75 Å². The van der Waals surface area contributed by atoms with Gasteiger partial charge in [-0.05, 0) is 39.0 Å². The summed E-state index contributed by atoms with van der Waals surface area (Å²) >= 11 is 1.21. The lowest BCUT2D eigenvalue weighted by Crippen LogP contribution is -2.20. The van der Waals surface area contributed by atoms with Gasteiger partial charge in [0.25, 0.3) is 11.1 Å². The second-order valence-corrected chi connectivity index (χ2v) is 7.33. The Morgan fingerprint density at radius 3 is 2.20 bits per heavy atom. The first-order valence-electron chi connectivity index (χ1n) is 8.47. The van der Waals surface area contributed by atoms with Crippen LogP contribution in [0.5, 0.6) is 11.5 Å². The second kappa shape index (κ2) is 9.63. The molecule has 0 spiro atoms. The van der Waals surface area contributed by atoms with Crippen LogP contribution in [0.15, 0.2) is 39.0 Å². The van der Waals surface area contributed by atoms with Crippen molar-refractivity contribution in [3.8, 4) is 23.0 Å². The maximum absolute atomic E-state index is 12.5. The molecule has 0 N–H and O–H groups in total. The van der Waals surface area contributed by atoms with E-state index in [-0.39, 0.29) is 28.2 Å². The Labute approximate surface area is 172 Å². The molecular weight excluding hydrogens is 438 g/mol. The van der Waals surface area contributed by atoms with Gasteiger partial charge in [-0.25, -0.2) is 0 Å². The summed E-state index contributed by atoms with van der Waals surface area (Å²) in [5.41, 5.74) is 2.08. The number of hydrogen-bond acceptors (Lipinski definition) is 6. The minimum absolute atomic E-state index is 0.114. The van der Waals surface area contributed by atoms with Crippen LogP contribution in [0.25, 0.3) is 11.5 Å². The number of rotatable bonds is 8. The van der Waals surface area contributed by atoms with Gasteiger partial charge in [-0.1, -0.05) is 22.9 Å². The van der Waals surface area contributed by atoms with Crippen molar-refractivity contribution < 1.29 is 40.2 Å². The molecule has 0 atom stereocenters. The van der Waals surface area contributed by atoms with Gasteiger partial charge in [0.05, 0.1) is 5.56 Å². The number of halogens is 6. The monoisotopic (exact) mass is 456 g/mol. The lowest BCUT2D eigenvalue weighted by atomic mass is 10.2. The second-order valence-electron chi connectivity index (χ2n) is 6.41. The van der Waals surface area contributed by atoms with E-state index in [0.717, 1.165) is 29.3 Å². The zero-order valence-corrected chi connectivity index (χ0v) is 17.0. The molecule has 1 heterocycles. The summed E-state index contributed by atoms with van der Waals surface area (Å²) in [4.78, 5) is 0. The third-order valence-electron chi connectivity index (χ3n) is 3.65. The standard InChI is InChI=1S/C18H18F6N2O3S/c1-10(2)11(3)7-30-16-26-25-15(29-16)13-6-12(27-8-17(19,20)21)4-5-14(13)28-9-18(22,23)24/h4-6H,7-9H2,1-3H3. The van der Waals surface area contributed by atoms with Gasteiger partial charge in [0.2, 0.25) is 0 Å². The maximum Gasteiger partial charge on any atom is 0.422 e. The average molecular weight is 456 g/mol. The number of nitrogens with zero attached hydrogens (tertiary/aromatic N) is 2. The molecule has 1 aromatic heterocycles. The molecule has 0 bridgehead atoms. The summed E-state index contributed by atoms with van der Waals surface area (Å²) in [5, 5.41) is 7.73. The molecule has 0 aliphatic heterocycles. The number of hydrogen-bond donors (Lipinski definition) is 0. The van der Waals surface area contributed by atoms with Crippen LogP contribution in [0.2, 0.25) is 0 Å². The molecule has 2 rings (SSSR count). The first-order valence-corrected chi connectivity index (χ1v) is 9.45. The van der Waals surface area contributed by atoms with Crippen molar-refractivity contribution in [2.45, 2.75) is 38.3 Å². The van der Waals surface area contributed by atoms with Crippen molar-refractivity contribution in [2.75, 3.05) is 19.0 Å². The molecule has 0 amide bonds. The van der Waals surface area contributed by atoms with Crippen LogP contribution >= 0.6 is 11.8 Å². The first kappa shape index (κ1) is 23.9. The normalized spacial score (nSPS) is 12.0. The molecule has 0 unspecified atom stereocenters. The minimum atomic E-state index is -4.61. The van der Waals surface area contributed by atoms with Gasteiger partial charge in [-0.15, -0.1) is 10.2 Å². The lowest BCUT2D eigenvalue weighted by molar-refractivity contribution is -0.154. The third kappa shape index (κ3) is 7.81. The van der Waals surface area contributed by atoms with Crippen molar-refractivity contribution in [3.63, 3.8) is 0 Å². The molecular formula is C18H18F6N2O3S. The maximum atomic E-state index is 12.5. The van der Waals surface area contributed by atoms with E-state index in [1.54, 1.807) is 0 Å². The van der Waals surface area contributed by atoms with Gasteiger partial charge >= 0.3 is 12.4 Å². The smallest absolute Gasteiger partial charge is 0.422 e. The van der Waals surface area contributed by atoms with E-state index in [4.69, 9.17) is 9.15 Å². The molecule has 1 aromatic carbocycles. The van der Waals surface area contributed by atoms with Crippen LogP contribution in [0.3, 0.4) is 0 Å². The SMILES string of the molecule is CC(C)=C(C)CSc1nnc(-c2cc(OCC(F)(F)F)ccc2OCC(F)(F)F)o1. The van der Waals surface area contributed by atoms with Crippen LogP contribution in [0.4, 0.5) is 26.3 Å². The number of thioether (sulfide) groups is 1. The summed E-state index contributed by atoms with van der Waals surface area (Å²) in [7, 11) is 0. The molecule has 0 aliphatic rings. The van der Waals surface area contributed by atoms with Gasteiger partial charge < -0.3 is 13.9 Å². The van der Waals surface area contributed by atoms with Crippen molar-refractivity contribution in [3.05, 3.63) is 29.3 Å². The van der Waals surface area contributed by atoms with Crippen LogP contribution < -0.4 is 9.47 Å². The Kier molecular flexibility index (Phi) is 7.67. The van der Waals surface area contributed by atoms with E-state index in [9.17, 15) is 26.3 Å². The van der Waals surface area contributed by atoms with E-state index in [1.165, 1.54) is 11.8 Å². The third-order valence-corrected chi connectivity index (χ3v) is 4.64. The predicted molar refractivity (Wildman–Crippen MR) is 97.6 cm³/mol. The first-order chi connectivity index (χ1) is 13.8. The van der Waals surface area contributed by atoms with E-state index in [2.05, 4.69) is 14.9 Å². The predicted octanol–water partition coefficient (Wildman–Crippen LogP) is 6.07. The fourth-order valence-corrected chi connectivity index (χ4v) is 2.77. The van der Waals surface area contributed by atoms with E-state index in [1.807, 2.05) is 20.8 Å². The van der Waals surface area contributed by atoms with Crippen molar-refractivity contribution in [1.82, 2.24) is 10.2 Å². The highest BCUT2D eigenvalue weighted by molar-refractivity contribution is 7.99. The molecule has 12 heteroatoms. The van der Waals surface area contributed by atoms with Gasteiger partial charge in [-0.3, -0.25) is 0 Å². The topological polar surface area (TPSA) is 57.4 Å². The molecule has 0 radical (unpaired) electrons. The van der Waals surface area contributed by atoms with E-state index < -0.39 is 25.6 Å². The summed E-state index contributed by atoms with van der Waals surface area (Å²) in [6.45, 7) is 2.63. The highest BCUT2D eigenvalue weighted by atomic mass is 32.2. The fraction of sp³-hybridized carbons (Fsp3) is 0.444. The number of alkyl halides is 6. The van der Waals surface area contributed by atoms with Crippen LogP contribution in [0.1, 0.15) is 20.8 Å². The largest absolute Gasteiger partial charge is 0.484 e. The van der Waals surface area contributed by atoms with Gasteiger partial charge in [0.15, 0.2) is 13.2 Å². The Morgan fingerprint density at radius 2 is 1.60 bits per heavy atom. The van der Waals surface area contributed by atoms with Crippen LogP contribution in [-0.2, 0) is 0 Å². The average Bonchev–Trinajstić information content (AvgIpc) is 3.10. The zero-order chi connectivity index (χ0) is 22.5. The Bertz CT molecular complexity index is 889. The number of ether oxygens (including phenoxy) is 2.